The molecule has 1 aliphatic rings. The van der Waals surface area contributed by atoms with Gasteiger partial charge < -0.3 is 20.7 Å². The molecular weight excluding hydrogens is 562 g/mol. The van der Waals surface area contributed by atoms with Crippen molar-refractivity contribution in [3.05, 3.63) is 143 Å². The number of H-pyrrole nitrogens is 1. The Hall–Kier alpha value is -5.68. The summed E-state index contributed by atoms with van der Waals surface area (Å²) in [6, 6.07) is 30.3. The van der Waals surface area contributed by atoms with Crippen LogP contribution in [0.2, 0.25) is 0 Å². The van der Waals surface area contributed by atoms with Crippen LogP contribution in [-0.4, -0.2) is 28.0 Å². The molecule has 0 fully saturated rings. The minimum Gasteiger partial charge on any atom is -0.397 e. The van der Waals surface area contributed by atoms with Crippen molar-refractivity contribution in [2.24, 2.45) is 10.7 Å². The van der Waals surface area contributed by atoms with Crippen molar-refractivity contribution in [3.8, 4) is 5.69 Å². The third-order valence-corrected chi connectivity index (χ3v) is 8.82. The highest BCUT2D eigenvalue weighted by atomic mass is 15.0. The standard InChI is InChI=1S/C41H37N5/c1-4-28(21-38(43)39-19-27(3)25-45-39)30-12-16-36-37-17-13-31-20-29(32(23-42)10-14-33-18-26(2)24-44-33)11-15-35(31)41(37)46(40(36)22-30)34-8-6-5-7-9-34/h4-13,15-23,25,42,45H,14,24,43H2,1-3H3/b28-4+,32-10+,38-21-,42-23?. The van der Waals surface area contributed by atoms with E-state index in [0.717, 1.165) is 68.8 Å². The summed E-state index contributed by atoms with van der Waals surface area (Å²) in [6.07, 6.45) is 12.6. The maximum absolute atomic E-state index is 8.16. The third-order valence-electron chi connectivity index (χ3n) is 8.82. The van der Waals surface area contributed by atoms with Gasteiger partial charge in [0.15, 0.2) is 0 Å². The number of aryl methyl sites for hydroxylation is 1. The van der Waals surface area contributed by atoms with Crippen molar-refractivity contribution in [2.75, 3.05) is 6.54 Å². The molecule has 0 spiro atoms. The van der Waals surface area contributed by atoms with Gasteiger partial charge in [-0.25, -0.2) is 0 Å². The topological polar surface area (TPSA) is 82.9 Å². The van der Waals surface area contributed by atoms with Crippen LogP contribution in [0.5, 0.6) is 0 Å². The van der Waals surface area contributed by atoms with Gasteiger partial charge in [-0.2, -0.15) is 0 Å². The van der Waals surface area contributed by atoms with E-state index in [1.807, 2.05) is 12.3 Å². The quantitative estimate of drug-likeness (QED) is 0.118. The number of hydrogen-bond acceptors (Lipinski definition) is 3. The Balaban J connectivity index is 1.38. The monoisotopic (exact) mass is 599 g/mol. The van der Waals surface area contributed by atoms with Gasteiger partial charge in [0.05, 0.1) is 29.0 Å². The number of benzene rings is 4. The van der Waals surface area contributed by atoms with E-state index in [-0.39, 0.29) is 0 Å². The molecule has 7 rings (SSSR count). The summed E-state index contributed by atoms with van der Waals surface area (Å²) < 4.78 is 2.38. The molecule has 0 saturated heterocycles. The molecule has 0 unspecified atom stereocenters. The summed E-state index contributed by atoms with van der Waals surface area (Å²) in [4.78, 5) is 7.87. The molecule has 5 nitrogen and oxygen atoms in total. The van der Waals surface area contributed by atoms with Crippen LogP contribution in [0.4, 0.5) is 0 Å². The zero-order valence-corrected chi connectivity index (χ0v) is 26.4. The SMILES string of the molecule is C/C=C(\C=C(/N)c1cc(C)c[nH]1)c1ccc2c3ccc4cc(/C(C=N)=C/CC5=NCC(C)=C5)ccc4c3n(-c3ccccc3)c2c1. The van der Waals surface area contributed by atoms with E-state index in [9.17, 15) is 0 Å². The summed E-state index contributed by atoms with van der Waals surface area (Å²) in [5.41, 5.74) is 19.2. The second kappa shape index (κ2) is 12.0. The van der Waals surface area contributed by atoms with Crippen molar-refractivity contribution in [1.82, 2.24) is 9.55 Å². The Labute approximate surface area is 269 Å². The number of aromatic nitrogens is 2. The molecule has 1 aliphatic heterocycles. The van der Waals surface area contributed by atoms with E-state index in [1.54, 1.807) is 0 Å². The number of para-hydroxylation sites is 1. The average molecular weight is 600 g/mol. The molecule has 2 aromatic heterocycles. The Morgan fingerprint density at radius 2 is 1.67 bits per heavy atom. The summed E-state index contributed by atoms with van der Waals surface area (Å²) in [5.74, 6) is 0. The Morgan fingerprint density at radius 3 is 2.37 bits per heavy atom. The summed E-state index contributed by atoms with van der Waals surface area (Å²) in [7, 11) is 0. The van der Waals surface area contributed by atoms with Crippen molar-refractivity contribution in [1.29, 1.82) is 5.41 Å². The number of fused-ring (bicyclic) bond motifs is 5. The van der Waals surface area contributed by atoms with Gasteiger partial charge >= 0.3 is 0 Å². The minimum absolute atomic E-state index is 0.702. The molecule has 0 amide bonds. The van der Waals surface area contributed by atoms with Crippen molar-refractivity contribution < 1.29 is 0 Å². The van der Waals surface area contributed by atoms with Gasteiger partial charge in [-0.05, 0) is 96.5 Å². The van der Waals surface area contributed by atoms with Crippen molar-refractivity contribution in [2.45, 2.75) is 27.2 Å². The number of hydrogen-bond donors (Lipinski definition) is 3. The molecule has 4 N–H and O–H groups in total. The lowest BCUT2D eigenvalue weighted by atomic mass is 9.98. The zero-order valence-electron chi connectivity index (χ0n) is 26.4. The number of aromatic amines is 1. The Morgan fingerprint density at radius 1 is 0.913 bits per heavy atom. The fourth-order valence-electron chi connectivity index (χ4n) is 6.49. The van der Waals surface area contributed by atoms with Crippen LogP contribution in [0.3, 0.4) is 0 Å². The van der Waals surface area contributed by atoms with Crippen LogP contribution < -0.4 is 5.73 Å². The first-order valence-electron chi connectivity index (χ1n) is 15.7. The molecule has 46 heavy (non-hydrogen) atoms. The molecule has 0 radical (unpaired) electrons. The lowest BCUT2D eigenvalue weighted by molar-refractivity contribution is 1.17. The molecular formula is C41H37N5. The zero-order chi connectivity index (χ0) is 31.8. The largest absolute Gasteiger partial charge is 0.397 e. The highest BCUT2D eigenvalue weighted by Crippen LogP contribution is 2.38. The van der Waals surface area contributed by atoms with E-state index in [2.05, 4.69) is 138 Å². The second-order valence-corrected chi connectivity index (χ2v) is 12.0. The van der Waals surface area contributed by atoms with Crippen LogP contribution in [0, 0.1) is 12.3 Å². The van der Waals surface area contributed by atoms with Gasteiger partial charge in [-0.15, -0.1) is 0 Å². The molecule has 0 saturated carbocycles. The van der Waals surface area contributed by atoms with Gasteiger partial charge in [-0.3, -0.25) is 4.99 Å². The highest BCUT2D eigenvalue weighted by molar-refractivity contribution is 6.20. The molecule has 6 aromatic rings. The smallest absolute Gasteiger partial charge is 0.0619 e. The maximum atomic E-state index is 8.16. The first-order valence-corrected chi connectivity index (χ1v) is 15.7. The van der Waals surface area contributed by atoms with Crippen molar-refractivity contribution >= 4 is 61.3 Å². The summed E-state index contributed by atoms with van der Waals surface area (Å²) in [5, 5.41) is 12.9. The lowest BCUT2D eigenvalue weighted by Crippen LogP contribution is -1.98. The molecule has 226 valence electrons. The van der Waals surface area contributed by atoms with Gasteiger partial charge in [0.2, 0.25) is 0 Å². The normalized spacial score (nSPS) is 14.4. The fourth-order valence-corrected chi connectivity index (χ4v) is 6.49. The van der Waals surface area contributed by atoms with Gasteiger partial charge in [-0.1, -0.05) is 72.3 Å². The van der Waals surface area contributed by atoms with E-state index in [4.69, 9.17) is 11.1 Å². The van der Waals surface area contributed by atoms with Crippen molar-refractivity contribution in [3.63, 3.8) is 0 Å². The molecule has 0 aliphatic carbocycles. The molecule has 5 heteroatoms. The number of nitrogens with zero attached hydrogens (tertiary/aromatic N) is 2. The fraction of sp³-hybridized carbons (Fsp3) is 0.122. The number of allylic oxidation sites excluding steroid dienone is 6. The van der Waals surface area contributed by atoms with Crippen LogP contribution in [-0.2, 0) is 0 Å². The number of nitrogens with one attached hydrogen (secondary N) is 2. The van der Waals surface area contributed by atoms with E-state index >= 15 is 0 Å². The summed E-state index contributed by atoms with van der Waals surface area (Å²) in [6.45, 7) is 6.99. The van der Waals surface area contributed by atoms with E-state index < -0.39 is 0 Å². The minimum atomic E-state index is 0.702. The van der Waals surface area contributed by atoms with Crippen LogP contribution in [0.15, 0.2) is 126 Å². The molecule has 0 atom stereocenters. The molecule has 4 aromatic carbocycles. The maximum Gasteiger partial charge on any atom is 0.0619 e. The number of rotatable bonds is 8. The Bertz CT molecular complexity index is 2300. The highest BCUT2D eigenvalue weighted by Gasteiger charge is 2.17. The first-order chi connectivity index (χ1) is 22.4. The summed E-state index contributed by atoms with van der Waals surface area (Å²) >= 11 is 0. The van der Waals surface area contributed by atoms with Crippen LogP contribution in [0.25, 0.3) is 55.1 Å². The average Bonchev–Trinajstić information content (AvgIpc) is 3.80. The first kappa shape index (κ1) is 29.1. The van der Waals surface area contributed by atoms with Crippen LogP contribution >= 0.6 is 0 Å². The van der Waals surface area contributed by atoms with E-state index in [1.165, 1.54) is 33.5 Å². The Kier molecular flexibility index (Phi) is 7.59. The van der Waals surface area contributed by atoms with Gasteiger partial charge in [0.25, 0.3) is 0 Å². The molecule has 3 heterocycles. The van der Waals surface area contributed by atoms with Crippen LogP contribution in [0.1, 0.15) is 42.7 Å². The predicted octanol–water partition coefficient (Wildman–Crippen LogP) is 9.80. The number of aliphatic imine (C=N–C) groups is 1. The number of nitrogens with two attached hydrogens (primary N) is 1. The van der Waals surface area contributed by atoms with Gasteiger partial charge in [0, 0.05) is 46.4 Å². The molecule has 0 bridgehead atoms. The van der Waals surface area contributed by atoms with E-state index in [0.29, 0.717) is 5.70 Å². The predicted molar refractivity (Wildman–Crippen MR) is 197 cm³/mol. The lowest BCUT2D eigenvalue weighted by Gasteiger charge is -2.12. The van der Waals surface area contributed by atoms with Gasteiger partial charge in [0.1, 0.15) is 0 Å². The third kappa shape index (κ3) is 5.30. The second-order valence-electron chi connectivity index (χ2n) is 12.0.